The van der Waals surface area contributed by atoms with Crippen LogP contribution in [0.25, 0.3) is 22.2 Å². The molecule has 0 amide bonds. The first-order valence-corrected chi connectivity index (χ1v) is 8.71. The van der Waals surface area contributed by atoms with Crippen molar-refractivity contribution in [3.63, 3.8) is 0 Å². The first-order chi connectivity index (χ1) is 13.6. The van der Waals surface area contributed by atoms with Gasteiger partial charge in [-0.2, -0.15) is 0 Å². The zero-order valence-electron chi connectivity index (χ0n) is 14.8. The molecule has 28 heavy (non-hydrogen) atoms. The van der Waals surface area contributed by atoms with Crippen LogP contribution in [0.15, 0.2) is 61.1 Å². The second-order valence-corrected chi connectivity index (χ2v) is 6.39. The van der Waals surface area contributed by atoms with Crippen LogP contribution in [0, 0.1) is 5.82 Å². The molecule has 3 aromatic heterocycles. The molecule has 0 atom stereocenters. The standard InChI is InChI=1S/C21H17FN4O2/c22-18-2-1-14(10-20(27)28)9-17(18)16-11-19(26-21-15(16)5-8-24-21)25-12-13-3-6-23-7-4-13/h1-9,11H,10,12H2,(H,27,28)(H2,24,25,26). The Hall–Kier alpha value is -3.74. The number of pyridine rings is 2. The number of fused-ring (bicyclic) bond motifs is 1. The lowest BCUT2D eigenvalue weighted by Gasteiger charge is -2.11. The topological polar surface area (TPSA) is 90.9 Å². The van der Waals surface area contributed by atoms with Crippen LogP contribution in [-0.2, 0) is 17.8 Å². The molecule has 4 aromatic rings. The Morgan fingerprint density at radius 1 is 1.07 bits per heavy atom. The third-order valence-electron chi connectivity index (χ3n) is 4.43. The molecule has 1 aromatic carbocycles. The van der Waals surface area contributed by atoms with Crippen LogP contribution < -0.4 is 5.32 Å². The number of halogens is 1. The maximum absolute atomic E-state index is 14.6. The lowest BCUT2D eigenvalue weighted by Crippen LogP contribution is -2.03. The minimum atomic E-state index is -0.959. The highest BCUT2D eigenvalue weighted by molar-refractivity contribution is 5.95. The molecule has 0 aliphatic carbocycles. The average Bonchev–Trinajstić information content (AvgIpc) is 3.16. The van der Waals surface area contributed by atoms with Crippen LogP contribution in [0.5, 0.6) is 0 Å². The summed E-state index contributed by atoms with van der Waals surface area (Å²) in [7, 11) is 0. The zero-order chi connectivity index (χ0) is 19.5. The third kappa shape index (κ3) is 3.68. The molecule has 4 rings (SSSR count). The Balaban J connectivity index is 1.74. The van der Waals surface area contributed by atoms with E-state index in [9.17, 15) is 9.18 Å². The van der Waals surface area contributed by atoms with Crippen molar-refractivity contribution in [3.8, 4) is 11.1 Å². The van der Waals surface area contributed by atoms with E-state index in [1.54, 1.807) is 30.7 Å². The van der Waals surface area contributed by atoms with Gasteiger partial charge in [-0.05, 0) is 53.1 Å². The summed E-state index contributed by atoms with van der Waals surface area (Å²) in [5.41, 5.74) is 3.19. The van der Waals surface area contributed by atoms with E-state index in [4.69, 9.17) is 5.11 Å². The van der Waals surface area contributed by atoms with Gasteiger partial charge >= 0.3 is 5.97 Å². The van der Waals surface area contributed by atoms with Gasteiger partial charge in [0.15, 0.2) is 0 Å². The highest BCUT2D eigenvalue weighted by atomic mass is 19.1. The molecule has 3 heterocycles. The van der Waals surface area contributed by atoms with Crippen molar-refractivity contribution in [1.82, 2.24) is 15.0 Å². The van der Waals surface area contributed by atoms with Crippen molar-refractivity contribution in [2.45, 2.75) is 13.0 Å². The molecule has 0 radical (unpaired) electrons. The van der Waals surface area contributed by atoms with Crippen molar-refractivity contribution in [3.05, 3.63) is 78.0 Å². The molecule has 0 saturated carbocycles. The first kappa shape index (κ1) is 17.7. The number of carboxylic acids is 1. The molecule has 0 aliphatic heterocycles. The Morgan fingerprint density at radius 2 is 1.89 bits per heavy atom. The highest BCUT2D eigenvalue weighted by Crippen LogP contribution is 2.32. The summed E-state index contributed by atoms with van der Waals surface area (Å²) < 4.78 is 14.6. The van der Waals surface area contributed by atoms with E-state index in [2.05, 4.69) is 20.3 Å². The van der Waals surface area contributed by atoms with Gasteiger partial charge in [0.1, 0.15) is 17.3 Å². The summed E-state index contributed by atoms with van der Waals surface area (Å²) in [6.07, 6.45) is 5.01. The SMILES string of the molecule is O=C(O)Cc1ccc(F)c(-c2cc(NCc3ccncc3)nc3[nH]ccc23)c1. The van der Waals surface area contributed by atoms with E-state index >= 15 is 0 Å². The second-order valence-electron chi connectivity index (χ2n) is 6.39. The molecule has 0 bridgehead atoms. The first-order valence-electron chi connectivity index (χ1n) is 8.71. The smallest absolute Gasteiger partial charge is 0.307 e. The fraction of sp³-hybridized carbons (Fsp3) is 0.0952. The monoisotopic (exact) mass is 376 g/mol. The van der Waals surface area contributed by atoms with Gasteiger partial charge in [0.25, 0.3) is 0 Å². The number of nitrogens with one attached hydrogen (secondary N) is 2. The van der Waals surface area contributed by atoms with Crippen LogP contribution in [-0.4, -0.2) is 26.0 Å². The van der Waals surface area contributed by atoms with E-state index in [0.29, 0.717) is 34.7 Å². The quantitative estimate of drug-likeness (QED) is 0.473. The maximum atomic E-state index is 14.6. The van der Waals surface area contributed by atoms with Gasteiger partial charge in [-0.25, -0.2) is 9.37 Å². The number of aliphatic carboxylic acids is 1. The minimum absolute atomic E-state index is 0.165. The number of H-pyrrole nitrogens is 1. The van der Waals surface area contributed by atoms with Gasteiger partial charge in [-0.1, -0.05) is 6.07 Å². The van der Waals surface area contributed by atoms with Crippen LogP contribution in [0.2, 0.25) is 0 Å². The molecule has 140 valence electrons. The molecule has 0 spiro atoms. The Bertz CT molecular complexity index is 1140. The Kier molecular flexibility index (Phi) is 4.72. The lowest BCUT2D eigenvalue weighted by molar-refractivity contribution is -0.136. The summed E-state index contributed by atoms with van der Waals surface area (Å²) >= 11 is 0. The fourth-order valence-electron chi connectivity index (χ4n) is 3.11. The molecular weight excluding hydrogens is 359 g/mol. The molecule has 3 N–H and O–H groups in total. The molecular formula is C21H17FN4O2. The Labute approximate surface area is 160 Å². The predicted molar refractivity (Wildman–Crippen MR) is 104 cm³/mol. The number of hydrogen-bond donors (Lipinski definition) is 3. The normalized spacial score (nSPS) is 10.9. The van der Waals surface area contributed by atoms with Crippen molar-refractivity contribution in [2.24, 2.45) is 0 Å². The number of nitrogens with zero attached hydrogens (tertiary/aromatic N) is 2. The summed E-state index contributed by atoms with van der Waals surface area (Å²) in [5.74, 6) is -0.786. The van der Waals surface area contributed by atoms with E-state index in [1.807, 2.05) is 18.2 Å². The van der Waals surface area contributed by atoms with Gasteiger partial charge < -0.3 is 15.4 Å². The van der Waals surface area contributed by atoms with Crippen molar-refractivity contribution in [1.29, 1.82) is 0 Å². The summed E-state index contributed by atoms with van der Waals surface area (Å²) in [6, 6.07) is 11.8. The Morgan fingerprint density at radius 3 is 2.68 bits per heavy atom. The number of hydrogen-bond acceptors (Lipinski definition) is 4. The van der Waals surface area contributed by atoms with E-state index < -0.39 is 11.8 Å². The maximum Gasteiger partial charge on any atom is 0.307 e. The number of aromatic nitrogens is 3. The van der Waals surface area contributed by atoms with Gasteiger partial charge in [0.05, 0.1) is 6.42 Å². The molecule has 6 nitrogen and oxygen atoms in total. The number of benzene rings is 1. The minimum Gasteiger partial charge on any atom is -0.481 e. The lowest BCUT2D eigenvalue weighted by atomic mass is 9.99. The molecule has 0 saturated heterocycles. The second kappa shape index (κ2) is 7.48. The number of carbonyl (C=O) groups is 1. The van der Waals surface area contributed by atoms with Crippen LogP contribution in [0.3, 0.4) is 0 Å². The molecule has 0 fully saturated rings. The van der Waals surface area contributed by atoms with E-state index in [-0.39, 0.29) is 6.42 Å². The van der Waals surface area contributed by atoms with Gasteiger partial charge in [0.2, 0.25) is 0 Å². The van der Waals surface area contributed by atoms with Crippen LogP contribution in [0.4, 0.5) is 10.2 Å². The third-order valence-corrected chi connectivity index (χ3v) is 4.43. The summed E-state index contributed by atoms with van der Waals surface area (Å²) in [5, 5.41) is 13.0. The van der Waals surface area contributed by atoms with Gasteiger partial charge in [0, 0.05) is 36.1 Å². The summed E-state index contributed by atoms with van der Waals surface area (Å²) in [6.45, 7) is 0.544. The van der Waals surface area contributed by atoms with Crippen molar-refractivity contribution < 1.29 is 14.3 Å². The zero-order valence-corrected chi connectivity index (χ0v) is 14.8. The largest absolute Gasteiger partial charge is 0.481 e. The molecule has 0 unspecified atom stereocenters. The van der Waals surface area contributed by atoms with E-state index in [1.165, 1.54) is 12.1 Å². The average molecular weight is 376 g/mol. The van der Waals surface area contributed by atoms with E-state index in [0.717, 1.165) is 10.9 Å². The number of carboxylic acid groups (broad SMARTS) is 1. The number of rotatable bonds is 6. The molecule has 0 aliphatic rings. The predicted octanol–water partition coefficient (Wildman–Crippen LogP) is 4.00. The van der Waals surface area contributed by atoms with Crippen molar-refractivity contribution in [2.75, 3.05) is 5.32 Å². The van der Waals surface area contributed by atoms with Crippen LogP contribution >= 0.6 is 0 Å². The van der Waals surface area contributed by atoms with Gasteiger partial charge in [-0.3, -0.25) is 9.78 Å². The van der Waals surface area contributed by atoms with Gasteiger partial charge in [-0.15, -0.1) is 0 Å². The van der Waals surface area contributed by atoms with Crippen LogP contribution in [0.1, 0.15) is 11.1 Å². The fourth-order valence-corrected chi connectivity index (χ4v) is 3.11. The summed E-state index contributed by atoms with van der Waals surface area (Å²) in [4.78, 5) is 22.6. The number of anilines is 1. The molecule has 7 heteroatoms. The highest BCUT2D eigenvalue weighted by Gasteiger charge is 2.14. The number of aromatic amines is 1. The van der Waals surface area contributed by atoms with Crippen molar-refractivity contribution >= 4 is 22.8 Å².